The van der Waals surface area contributed by atoms with E-state index in [2.05, 4.69) is 127 Å². The highest BCUT2D eigenvalue weighted by Crippen LogP contribution is 2.52. The van der Waals surface area contributed by atoms with Crippen molar-refractivity contribution in [3.05, 3.63) is 156 Å². The second-order valence-corrected chi connectivity index (χ2v) is 14.0. The van der Waals surface area contributed by atoms with Gasteiger partial charge in [0.25, 0.3) is 0 Å². The third-order valence-electron chi connectivity index (χ3n) is 10.3. The summed E-state index contributed by atoms with van der Waals surface area (Å²) in [4.78, 5) is 13.0. The van der Waals surface area contributed by atoms with Crippen molar-refractivity contribution in [2.75, 3.05) is 7.05 Å². The molecule has 4 nitrogen and oxygen atoms in total. The zero-order valence-corrected chi connectivity index (χ0v) is 27.3. The topological polar surface area (TPSA) is 41.1 Å². The van der Waals surface area contributed by atoms with Gasteiger partial charge < -0.3 is 9.32 Å². The van der Waals surface area contributed by atoms with E-state index in [0.717, 1.165) is 50.3 Å². The van der Waals surface area contributed by atoms with Crippen molar-refractivity contribution < 1.29 is 4.42 Å². The molecule has 1 aliphatic carbocycles. The van der Waals surface area contributed by atoms with Gasteiger partial charge in [0.2, 0.25) is 0 Å². The third-order valence-corrected chi connectivity index (χ3v) is 11.5. The molecule has 0 bridgehead atoms. The van der Waals surface area contributed by atoms with Gasteiger partial charge in [0.05, 0.1) is 0 Å². The Kier molecular flexibility index (Phi) is 5.50. The molecule has 0 N–H and O–H groups in total. The summed E-state index contributed by atoms with van der Waals surface area (Å²) in [5.41, 5.74) is 10.2. The molecule has 230 valence electrons. The van der Waals surface area contributed by atoms with Crippen LogP contribution in [0.25, 0.3) is 75.1 Å². The quantitative estimate of drug-likeness (QED) is 0.192. The molecule has 1 atom stereocenters. The highest BCUT2D eigenvalue weighted by molar-refractivity contribution is 7.26. The van der Waals surface area contributed by atoms with E-state index >= 15 is 0 Å². The van der Waals surface area contributed by atoms with Gasteiger partial charge in [-0.2, -0.15) is 0 Å². The van der Waals surface area contributed by atoms with Crippen molar-refractivity contribution >= 4 is 75.9 Å². The van der Waals surface area contributed by atoms with E-state index in [0.29, 0.717) is 0 Å². The number of thiophene rings is 1. The molecular formula is C44H27N3OS. The molecule has 5 heteroatoms. The van der Waals surface area contributed by atoms with Crippen LogP contribution in [0, 0.1) is 0 Å². The minimum Gasteiger partial charge on any atom is -0.456 e. The number of fused-ring (bicyclic) bond motifs is 10. The van der Waals surface area contributed by atoms with Crippen LogP contribution in [0.4, 0.5) is 0 Å². The maximum atomic E-state index is 6.32. The zero-order valence-electron chi connectivity index (χ0n) is 26.5. The highest BCUT2D eigenvalue weighted by Gasteiger charge is 2.30. The van der Waals surface area contributed by atoms with E-state index in [1.165, 1.54) is 53.2 Å². The Hall–Kier alpha value is -6.04. The van der Waals surface area contributed by atoms with Crippen molar-refractivity contribution in [1.82, 2.24) is 4.90 Å². The predicted molar refractivity (Wildman–Crippen MR) is 205 cm³/mol. The van der Waals surface area contributed by atoms with Gasteiger partial charge in [-0.15, -0.1) is 11.3 Å². The number of rotatable bonds is 3. The minimum atomic E-state index is -0.311. The molecule has 3 heterocycles. The first kappa shape index (κ1) is 27.0. The first-order chi connectivity index (χ1) is 24.2. The van der Waals surface area contributed by atoms with E-state index in [-0.39, 0.29) is 6.17 Å². The molecule has 0 radical (unpaired) electrons. The van der Waals surface area contributed by atoms with Gasteiger partial charge in [-0.05, 0) is 57.3 Å². The summed E-state index contributed by atoms with van der Waals surface area (Å²) in [6.45, 7) is 0. The summed E-state index contributed by atoms with van der Waals surface area (Å²) in [6, 6.07) is 49.6. The molecule has 2 aromatic heterocycles. The number of para-hydroxylation sites is 1. The van der Waals surface area contributed by atoms with Gasteiger partial charge in [-0.3, -0.25) is 0 Å². The van der Waals surface area contributed by atoms with Crippen LogP contribution in [0.3, 0.4) is 0 Å². The average Bonchev–Trinajstić information content (AvgIpc) is 3.83. The Labute approximate surface area is 285 Å². The summed E-state index contributed by atoms with van der Waals surface area (Å²) < 4.78 is 8.81. The Balaban J connectivity index is 1.17. The molecule has 11 rings (SSSR count). The van der Waals surface area contributed by atoms with Gasteiger partial charge in [0, 0.05) is 54.7 Å². The van der Waals surface area contributed by atoms with Gasteiger partial charge >= 0.3 is 0 Å². The van der Waals surface area contributed by atoms with Gasteiger partial charge in [-0.25, -0.2) is 9.98 Å². The van der Waals surface area contributed by atoms with Crippen LogP contribution in [0.15, 0.2) is 154 Å². The highest BCUT2D eigenvalue weighted by atomic mass is 32.1. The minimum absolute atomic E-state index is 0.311. The molecule has 0 fully saturated rings. The number of hydrogen-bond donors (Lipinski definition) is 0. The van der Waals surface area contributed by atoms with Crippen LogP contribution in [-0.4, -0.2) is 23.6 Å². The van der Waals surface area contributed by atoms with Gasteiger partial charge in [-0.1, -0.05) is 115 Å². The van der Waals surface area contributed by atoms with Crippen molar-refractivity contribution in [3.63, 3.8) is 0 Å². The Morgan fingerprint density at radius 2 is 1.24 bits per heavy atom. The number of hydrogen-bond acceptors (Lipinski definition) is 5. The number of benzene rings is 7. The molecule has 0 spiro atoms. The molecule has 0 amide bonds. The lowest BCUT2D eigenvalue weighted by Crippen LogP contribution is -2.35. The molecule has 1 unspecified atom stereocenters. The molecule has 2 aliphatic rings. The van der Waals surface area contributed by atoms with E-state index in [1.807, 2.05) is 35.6 Å². The number of nitrogens with zero attached hydrogens (tertiary/aromatic N) is 3. The van der Waals surface area contributed by atoms with Crippen LogP contribution in [-0.2, 0) is 0 Å². The summed E-state index contributed by atoms with van der Waals surface area (Å²) in [6.07, 6.45) is -0.311. The lowest BCUT2D eigenvalue weighted by molar-refractivity contribution is 0.385. The Morgan fingerprint density at radius 3 is 2.12 bits per heavy atom. The van der Waals surface area contributed by atoms with Crippen LogP contribution in [0.1, 0.15) is 22.9 Å². The van der Waals surface area contributed by atoms with Crippen molar-refractivity contribution in [1.29, 1.82) is 0 Å². The summed E-state index contributed by atoms with van der Waals surface area (Å²) in [5.74, 6) is 1.63. The van der Waals surface area contributed by atoms with Crippen molar-refractivity contribution in [2.24, 2.45) is 9.98 Å². The van der Waals surface area contributed by atoms with Gasteiger partial charge in [0.1, 0.15) is 17.0 Å². The Bertz CT molecular complexity index is 2910. The van der Waals surface area contributed by atoms with E-state index in [1.54, 1.807) is 0 Å². The first-order valence-corrected chi connectivity index (χ1v) is 17.4. The zero-order chi connectivity index (χ0) is 32.2. The molecule has 0 saturated heterocycles. The summed E-state index contributed by atoms with van der Waals surface area (Å²) in [7, 11) is 2.10. The smallest absolute Gasteiger partial charge is 0.160 e. The molecule has 1 aliphatic heterocycles. The maximum absolute atomic E-state index is 6.32. The number of aliphatic imine (C=N–C) groups is 2. The largest absolute Gasteiger partial charge is 0.456 e. The van der Waals surface area contributed by atoms with E-state index in [9.17, 15) is 0 Å². The lowest BCUT2D eigenvalue weighted by Gasteiger charge is -2.32. The standard InChI is InChI=1S/C44H27N3OS/c1-47-43(25-12-3-2-4-13-25)45-42(46-44(47)32-20-11-23-36-39(32)29-16-7-8-22-35(29)48-36)33-21-10-19-31-40-30-18-9-17-28-26-14-5-6-15-27(26)34(38(28)30)24-37(40)49-41(31)33/h2-24,44H,1H3. The predicted octanol–water partition coefficient (Wildman–Crippen LogP) is 11.6. The fraction of sp³-hybridized carbons (Fsp3) is 0.0455. The molecule has 7 aromatic carbocycles. The fourth-order valence-corrected chi connectivity index (χ4v) is 9.41. The van der Waals surface area contributed by atoms with Crippen LogP contribution in [0.5, 0.6) is 0 Å². The SMILES string of the molecule is CN1C(c2ccccc2)=NC(c2cccc3c2sc2cc4c5c(cccc5c23)-c2ccccc2-4)=NC1c1cccc2oc3ccccc3c12. The monoisotopic (exact) mass is 645 g/mol. The van der Waals surface area contributed by atoms with Crippen molar-refractivity contribution in [3.8, 4) is 22.3 Å². The normalized spacial score (nSPS) is 15.4. The fourth-order valence-electron chi connectivity index (χ4n) is 8.14. The average molecular weight is 646 g/mol. The van der Waals surface area contributed by atoms with E-state index in [4.69, 9.17) is 14.4 Å². The Morgan fingerprint density at radius 1 is 0.571 bits per heavy atom. The third kappa shape index (κ3) is 3.73. The summed E-state index contributed by atoms with van der Waals surface area (Å²) in [5, 5.41) is 7.40. The molecule has 49 heavy (non-hydrogen) atoms. The van der Waals surface area contributed by atoms with Crippen LogP contribution < -0.4 is 0 Å². The second kappa shape index (κ2) is 9.99. The maximum Gasteiger partial charge on any atom is 0.160 e. The summed E-state index contributed by atoms with van der Waals surface area (Å²) >= 11 is 1.85. The number of furan rings is 1. The molecule has 9 aromatic rings. The molecular weight excluding hydrogens is 619 g/mol. The second-order valence-electron chi connectivity index (χ2n) is 12.9. The van der Waals surface area contributed by atoms with Crippen LogP contribution in [0.2, 0.25) is 0 Å². The molecule has 0 saturated carbocycles. The van der Waals surface area contributed by atoms with E-state index < -0.39 is 0 Å². The van der Waals surface area contributed by atoms with Crippen molar-refractivity contribution in [2.45, 2.75) is 6.17 Å². The van der Waals surface area contributed by atoms with Crippen LogP contribution >= 0.6 is 11.3 Å². The first-order valence-electron chi connectivity index (χ1n) is 16.6. The number of amidine groups is 2. The van der Waals surface area contributed by atoms with Gasteiger partial charge in [0.15, 0.2) is 12.0 Å². The lowest BCUT2D eigenvalue weighted by atomic mass is 9.97.